The Morgan fingerprint density at radius 2 is 1.95 bits per heavy atom. The van der Waals surface area contributed by atoms with Crippen molar-refractivity contribution in [3.63, 3.8) is 0 Å². The summed E-state index contributed by atoms with van der Waals surface area (Å²) in [5, 5.41) is 5.46. The number of carbonyl (C=O) groups excluding carboxylic acids is 2. The molecule has 22 heavy (non-hydrogen) atoms. The summed E-state index contributed by atoms with van der Waals surface area (Å²) < 4.78 is 1.68. The van der Waals surface area contributed by atoms with Gasteiger partial charge in [0.2, 0.25) is 11.8 Å². The lowest BCUT2D eigenvalue weighted by Gasteiger charge is -2.14. The number of nitrogens with one attached hydrogen (secondary N) is 2. The van der Waals surface area contributed by atoms with Crippen molar-refractivity contribution in [2.75, 3.05) is 11.9 Å². The summed E-state index contributed by atoms with van der Waals surface area (Å²) in [6.07, 6.45) is 4.89. The fourth-order valence-corrected chi connectivity index (χ4v) is 2.14. The predicted octanol–water partition coefficient (Wildman–Crippen LogP) is 1.82. The highest BCUT2D eigenvalue weighted by Crippen LogP contribution is 2.19. The molecule has 2 rings (SSSR count). The predicted molar refractivity (Wildman–Crippen MR) is 84.5 cm³/mol. The number of imidazole rings is 1. The van der Waals surface area contributed by atoms with Gasteiger partial charge in [0.15, 0.2) is 0 Å². The molecule has 2 aromatic rings. The van der Waals surface area contributed by atoms with Crippen molar-refractivity contribution in [1.82, 2.24) is 14.9 Å². The molecule has 0 spiro atoms. The maximum atomic E-state index is 12.0. The van der Waals surface area contributed by atoms with Gasteiger partial charge < -0.3 is 15.2 Å². The van der Waals surface area contributed by atoms with Crippen LogP contribution in [-0.2, 0) is 9.59 Å². The van der Waals surface area contributed by atoms with Crippen LogP contribution in [0.2, 0.25) is 0 Å². The minimum absolute atomic E-state index is 0.0638. The molecule has 0 aliphatic heterocycles. The van der Waals surface area contributed by atoms with E-state index in [1.165, 1.54) is 0 Å². The van der Waals surface area contributed by atoms with Gasteiger partial charge in [0.1, 0.15) is 6.04 Å². The fourth-order valence-electron chi connectivity index (χ4n) is 2.14. The number of hydrogen-bond acceptors (Lipinski definition) is 3. The normalized spacial score (nSPS) is 11.8. The zero-order valence-electron chi connectivity index (χ0n) is 13.0. The lowest BCUT2D eigenvalue weighted by atomic mass is 10.1. The number of anilines is 1. The van der Waals surface area contributed by atoms with E-state index in [9.17, 15) is 9.59 Å². The first-order chi connectivity index (χ1) is 10.5. The van der Waals surface area contributed by atoms with Gasteiger partial charge >= 0.3 is 0 Å². The average Bonchev–Trinajstić information content (AvgIpc) is 3.02. The molecule has 1 heterocycles. The van der Waals surface area contributed by atoms with Crippen LogP contribution in [0.5, 0.6) is 0 Å². The second-order valence-electron chi connectivity index (χ2n) is 5.22. The first-order valence-electron chi connectivity index (χ1n) is 7.10. The van der Waals surface area contributed by atoms with Gasteiger partial charge in [-0.1, -0.05) is 18.2 Å². The molecule has 1 aromatic carbocycles. The molecule has 0 fully saturated rings. The number of carbonyl (C=O) groups is 2. The zero-order valence-corrected chi connectivity index (χ0v) is 13.0. The molecule has 0 radical (unpaired) electrons. The Morgan fingerprint density at radius 3 is 2.55 bits per heavy atom. The van der Waals surface area contributed by atoms with E-state index >= 15 is 0 Å². The van der Waals surface area contributed by atoms with Crippen LogP contribution in [0.4, 0.5) is 5.69 Å². The van der Waals surface area contributed by atoms with Crippen LogP contribution in [0.25, 0.3) is 0 Å². The summed E-state index contributed by atoms with van der Waals surface area (Å²) in [7, 11) is 0. The average molecular weight is 300 g/mol. The first kappa shape index (κ1) is 15.8. The first-order valence-corrected chi connectivity index (χ1v) is 7.10. The van der Waals surface area contributed by atoms with E-state index in [1.807, 2.05) is 32.0 Å². The molecule has 6 heteroatoms. The molecule has 0 aliphatic carbocycles. The Balaban J connectivity index is 1.89. The zero-order chi connectivity index (χ0) is 16.1. The molecule has 0 saturated carbocycles. The highest BCUT2D eigenvalue weighted by molar-refractivity contribution is 5.96. The molecule has 1 unspecified atom stereocenters. The number of amides is 2. The van der Waals surface area contributed by atoms with E-state index in [2.05, 4.69) is 15.6 Å². The van der Waals surface area contributed by atoms with Gasteiger partial charge in [0.25, 0.3) is 0 Å². The molecular formula is C16H20N4O2. The molecule has 0 bridgehead atoms. The Morgan fingerprint density at radius 1 is 1.27 bits per heavy atom. The van der Waals surface area contributed by atoms with E-state index in [4.69, 9.17) is 0 Å². The van der Waals surface area contributed by atoms with E-state index < -0.39 is 6.04 Å². The lowest BCUT2D eigenvalue weighted by molar-refractivity contribution is -0.126. The summed E-state index contributed by atoms with van der Waals surface area (Å²) in [4.78, 5) is 27.9. The number of benzene rings is 1. The SMILES string of the molecule is Cc1cccc(C)c1NC(=O)CNC(=O)C(C)n1ccnc1. The van der Waals surface area contributed by atoms with Crippen molar-refractivity contribution < 1.29 is 9.59 Å². The number of hydrogen-bond donors (Lipinski definition) is 2. The maximum absolute atomic E-state index is 12.0. The molecule has 1 aromatic heterocycles. The largest absolute Gasteiger partial charge is 0.345 e. The maximum Gasteiger partial charge on any atom is 0.243 e. The van der Waals surface area contributed by atoms with Gasteiger partial charge in [0, 0.05) is 18.1 Å². The smallest absolute Gasteiger partial charge is 0.243 e. The lowest BCUT2D eigenvalue weighted by Crippen LogP contribution is -2.36. The van der Waals surface area contributed by atoms with Crippen molar-refractivity contribution in [1.29, 1.82) is 0 Å². The molecular weight excluding hydrogens is 280 g/mol. The van der Waals surface area contributed by atoms with Crippen LogP contribution in [0.3, 0.4) is 0 Å². The highest BCUT2D eigenvalue weighted by Gasteiger charge is 2.15. The van der Waals surface area contributed by atoms with Crippen LogP contribution < -0.4 is 10.6 Å². The van der Waals surface area contributed by atoms with Crippen LogP contribution in [0, 0.1) is 13.8 Å². The van der Waals surface area contributed by atoms with Crippen molar-refractivity contribution in [3.05, 3.63) is 48.0 Å². The molecule has 0 aliphatic rings. The Labute approximate surface area is 129 Å². The minimum Gasteiger partial charge on any atom is -0.345 e. The van der Waals surface area contributed by atoms with Gasteiger partial charge in [0.05, 0.1) is 12.9 Å². The van der Waals surface area contributed by atoms with Crippen molar-refractivity contribution >= 4 is 17.5 Å². The van der Waals surface area contributed by atoms with Crippen LogP contribution in [0.15, 0.2) is 36.9 Å². The quantitative estimate of drug-likeness (QED) is 0.884. The monoisotopic (exact) mass is 300 g/mol. The van der Waals surface area contributed by atoms with Gasteiger partial charge in [-0.15, -0.1) is 0 Å². The minimum atomic E-state index is -0.407. The Kier molecular flexibility index (Phi) is 4.93. The number of aryl methyl sites for hydroxylation is 2. The van der Waals surface area contributed by atoms with Gasteiger partial charge in [-0.05, 0) is 31.9 Å². The summed E-state index contributed by atoms with van der Waals surface area (Å²) in [5.41, 5.74) is 2.78. The third kappa shape index (κ3) is 3.72. The van der Waals surface area contributed by atoms with Crippen molar-refractivity contribution in [3.8, 4) is 0 Å². The molecule has 1 atom stereocenters. The highest BCUT2D eigenvalue weighted by atomic mass is 16.2. The summed E-state index contributed by atoms with van der Waals surface area (Å²) in [5.74, 6) is -0.474. The molecule has 2 amide bonds. The molecule has 6 nitrogen and oxygen atoms in total. The number of aromatic nitrogens is 2. The van der Waals surface area contributed by atoms with Gasteiger partial charge in [-0.2, -0.15) is 0 Å². The third-order valence-corrected chi connectivity index (χ3v) is 3.52. The second kappa shape index (κ2) is 6.89. The summed E-state index contributed by atoms with van der Waals surface area (Å²) in [6.45, 7) is 5.55. The van der Waals surface area contributed by atoms with Crippen LogP contribution in [-0.4, -0.2) is 27.9 Å². The summed E-state index contributed by atoms with van der Waals surface area (Å²) >= 11 is 0. The van der Waals surface area contributed by atoms with Gasteiger partial charge in [-0.3, -0.25) is 9.59 Å². The summed E-state index contributed by atoms with van der Waals surface area (Å²) in [6, 6.07) is 5.40. The molecule has 116 valence electrons. The van der Waals surface area contributed by atoms with Crippen molar-refractivity contribution in [2.45, 2.75) is 26.8 Å². The topological polar surface area (TPSA) is 76.0 Å². The van der Waals surface area contributed by atoms with Crippen molar-refractivity contribution in [2.24, 2.45) is 0 Å². The Hall–Kier alpha value is -2.63. The van der Waals surface area contributed by atoms with Crippen LogP contribution >= 0.6 is 0 Å². The van der Waals surface area contributed by atoms with Gasteiger partial charge in [-0.25, -0.2) is 4.98 Å². The molecule has 0 saturated heterocycles. The van der Waals surface area contributed by atoms with E-state index in [0.29, 0.717) is 0 Å². The van der Waals surface area contributed by atoms with E-state index in [-0.39, 0.29) is 18.4 Å². The van der Waals surface area contributed by atoms with E-state index in [1.54, 1.807) is 30.2 Å². The Bertz CT molecular complexity index is 645. The molecule has 2 N–H and O–H groups in total. The fraction of sp³-hybridized carbons (Fsp3) is 0.312. The number of nitrogens with zero attached hydrogens (tertiary/aromatic N) is 2. The number of rotatable bonds is 5. The third-order valence-electron chi connectivity index (χ3n) is 3.52. The van der Waals surface area contributed by atoms with E-state index in [0.717, 1.165) is 16.8 Å². The standard InChI is InChI=1S/C16H20N4O2/c1-11-5-4-6-12(2)15(11)19-14(21)9-18-16(22)13(3)20-8-7-17-10-20/h4-8,10,13H,9H2,1-3H3,(H,18,22)(H,19,21). The van der Waals surface area contributed by atoms with Crippen LogP contribution in [0.1, 0.15) is 24.1 Å². The number of para-hydroxylation sites is 1. The second-order valence-corrected chi connectivity index (χ2v) is 5.22.